The first-order chi connectivity index (χ1) is 11.6. The normalized spacial score (nSPS) is 17.2. The van der Waals surface area contributed by atoms with Crippen molar-refractivity contribution >= 4 is 5.91 Å². The van der Waals surface area contributed by atoms with Crippen LogP contribution >= 0.6 is 0 Å². The fraction of sp³-hybridized carbons (Fsp3) is 0.350. The van der Waals surface area contributed by atoms with Gasteiger partial charge in [0.25, 0.3) is 5.91 Å². The quantitative estimate of drug-likeness (QED) is 0.932. The molecule has 0 bridgehead atoms. The lowest BCUT2D eigenvalue weighted by Crippen LogP contribution is -2.45. The molecule has 0 aromatic heterocycles. The standard InChI is InChI=1S/C20H23NO3/c1-4-16(15-10-9-13(2)14(3)11-15)21-20(22)19-12-23-17-7-5-6-8-18(17)24-19/h5-11,16,19H,4,12H2,1-3H3,(H,21,22). The molecule has 0 fully saturated rings. The monoisotopic (exact) mass is 325 g/mol. The summed E-state index contributed by atoms with van der Waals surface area (Å²) in [6.45, 7) is 6.46. The van der Waals surface area contributed by atoms with Crippen LogP contribution in [0.5, 0.6) is 11.5 Å². The molecule has 4 heteroatoms. The number of carbonyl (C=O) groups is 1. The largest absolute Gasteiger partial charge is 0.485 e. The first-order valence-electron chi connectivity index (χ1n) is 8.34. The molecule has 0 radical (unpaired) electrons. The van der Waals surface area contributed by atoms with Crippen LogP contribution in [0.1, 0.15) is 36.1 Å². The number of amides is 1. The van der Waals surface area contributed by atoms with Crippen LogP contribution in [0.4, 0.5) is 0 Å². The smallest absolute Gasteiger partial charge is 0.265 e. The summed E-state index contributed by atoms with van der Waals surface area (Å²) in [5, 5.41) is 3.09. The van der Waals surface area contributed by atoms with Crippen molar-refractivity contribution in [2.24, 2.45) is 0 Å². The molecule has 1 aliphatic rings. The first kappa shape index (κ1) is 16.4. The molecule has 2 aromatic rings. The van der Waals surface area contributed by atoms with E-state index in [2.05, 4.69) is 44.3 Å². The number of ether oxygens (including phenoxy) is 2. The Morgan fingerprint density at radius 3 is 2.62 bits per heavy atom. The predicted octanol–water partition coefficient (Wildman–Crippen LogP) is 3.71. The van der Waals surface area contributed by atoms with Gasteiger partial charge in [-0.15, -0.1) is 0 Å². The molecule has 1 amide bonds. The van der Waals surface area contributed by atoms with Gasteiger partial charge < -0.3 is 14.8 Å². The van der Waals surface area contributed by atoms with E-state index in [4.69, 9.17) is 9.47 Å². The lowest BCUT2D eigenvalue weighted by atomic mass is 9.99. The molecule has 3 rings (SSSR count). The Morgan fingerprint density at radius 1 is 1.17 bits per heavy atom. The highest BCUT2D eigenvalue weighted by atomic mass is 16.6. The van der Waals surface area contributed by atoms with Crippen molar-refractivity contribution in [2.75, 3.05) is 6.61 Å². The van der Waals surface area contributed by atoms with Crippen LogP contribution < -0.4 is 14.8 Å². The minimum atomic E-state index is -0.625. The minimum absolute atomic E-state index is 0.0300. The Kier molecular flexibility index (Phi) is 4.74. The van der Waals surface area contributed by atoms with Gasteiger partial charge in [0.15, 0.2) is 11.5 Å². The SMILES string of the molecule is CCC(NC(=O)C1COc2ccccc2O1)c1ccc(C)c(C)c1. The van der Waals surface area contributed by atoms with Gasteiger partial charge in [-0.05, 0) is 49.1 Å². The summed E-state index contributed by atoms with van der Waals surface area (Å²) in [5.41, 5.74) is 3.60. The van der Waals surface area contributed by atoms with Crippen molar-refractivity contribution in [2.45, 2.75) is 39.3 Å². The van der Waals surface area contributed by atoms with E-state index in [-0.39, 0.29) is 18.6 Å². The van der Waals surface area contributed by atoms with Gasteiger partial charge in [0, 0.05) is 0 Å². The lowest BCUT2D eigenvalue weighted by molar-refractivity contribution is -0.131. The molecule has 2 atom stereocenters. The third-order valence-corrected chi connectivity index (χ3v) is 4.46. The highest BCUT2D eigenvalue weighted by Crippen LogP contribution is 2.31. The van der Waals surface area contributed by atoms with E-state index in [9.17, 15) is 4.79 Å². The number of benzene rings is 2. The number of fused-ring (bicyclic) bond motifs is 1. The van der Waals surface area contributed by atoms with E-state index in [1.807, 2.05) is 24.3 Å². The van der Waals surface area contributed by atoms with Gasteiger partial charge in [0.05, 0.1) is 6.04 Å². The van der Waals surface area contributed by atoms with Gasteiger partial charge in [0.2, 0.25) is 6.10 Å². The van der Waals surface area contributed by atoms with Gasteiger partial charge in [-0.1, -0.05) is 37.3 Å². The van der Waals surface area contributed by atoms with Crippen molar-refractivity contribution in [1.29, 1.82) is 0 Å². The van der Waals surface area contributed by atoms with Crippen molar-refractivity contribution in [3.63, 3.8) is 0 Å². The molecule has 0 spiro atoms. The van der Waals surface area contributed by atoms with Crippen LogP contribution in [0.3, 0.4) is 0 Å². The average Bonchev–Trinajstić information content (AvgIpc) is 2.61. The van der Waals surface area contributed by atoms with E-state index in [1.54, 1.807) is 0 Å². The summed E-state index contributed by atoms with van der Waals surface area (Å²) in [4.78, 5) is 12.6. The second kappa shape index (κ2) is 6.95. The van der Waals surface area contributed by atoms with Crippen molar-refractivity contribution in [3.05, 3.63) is 59.2 Å². The summed E-state index contributed by atoms with van der Waals surface area (Å²) >= 11 is 0. The fourth-order valence-corrected chi connectivity index (χ4v) is 2.82. The molecule has 2 aromatic carbocycles. The van der Waals surface area contributed by atoms with E-state index in [0.29, 0.717) is 11.5 Å². The number of aryl methyl sites for hydroxylation is 2. The number of hydrogen-bond donors (Lipinski definition) is 1. The van der Waals surface area contributed by atoms with Crippen LogP contribution in [0.25, 0.3) is 0 Å². The number of nitrogens with one attached hydrogen (secondary N) is 1. The average molecular weight is 325 g/mol. The molecule has 24 heavy (non-hydrogen) atoms. The molecule has 1 heterocycles. The van der Waals surface area contributed by atoms with Gasteiger partial charge in [-0.3, -0.25) is 4.79 Å². The Labute approximate surface area is 142 Å². The number of carbonyl (C=O) groups excluding carboxylic acids is 1. The second-order valence-corrected chi connectivity index (χ2v) is 6.18. The molecule has 1 aliphatic heterocycles. The maximum atomic E-state index is 12.6. The summed E-state index contributed by atoms with van der Waals surface area (Å²) in [5.74, 6) is 1.15. The zero-order valence-corrected chi connectivity index (χ0v) is 14.3. The van der Waals surface area contributed by atoms with E-state index in [1.165, 1.54) is 11.1 Å². The molecule has 126 valence electrons. The van der Waals surface area contributed by atoms with Gasteiger partial charge in [0.1, 0.15) is 6.61 Å². The number of rotatable bonds is 4. The van der Waals surface area contributed by atoms with Crippen LogP contribution in [0.2, 0.25) is 0 Å². The number of para-hydroxylation sites is 2. The minimum Gasteiger partial charge on any atom is -0.485 e. The summed E-state index contributed by atoms with van der Waals surface area (Å²) in [6, 6.07) is 13.7. The fourth-order valence-electron chi connectivity index (χ4n) is 2.82. The molecule has 0 saturated carbocycles. The van der Waals surface area contributed by atoms with E-state index >= 15 is 0 Å². The van der Waals surface area contributed by atoms with Gasteiger partial charge in [-0.25, -0.2) is 0 Å². The summed E-state index contributed by atoms with van der Waals surface area (Å²) < 4.78 is 11.4. The van der Waals surface area contributed by atoms with Crippen molar-refractivity contribution in [3.8, 4) is 11.5 Å². The third kappa shape index (κ3) is 3.37. The lowest BCUT2D eigenvalue weighted by Gasteiger charge is -2.27. The van der Waals surface area contributed by atoms with Crippen molar-refractivity contribution < 1.29 is 14.3 Å². The molecule has 0 aliphatic carbocycles. The molecular weight excluding hydrogens is 302 g/mol. The maximum Gasteiger partial charge on any atom is 0.265 e. The third-order valence-electron chi connectivity index (χ3n) is 4.46. The highest BCUT2D eigenvalue weighted by Gasteiger charge is 2.28. The van der Waals surface area contributed by atoms with E-state index < -0.39 is 6.10 Å². The van der Waals surface area contributed by atoms with Crippen molar-refractivity contribution in [1.82, 2.24) is 5.32 Å². The van der Waals surface area contributed by atoms with Crippen LogP contribution in [-0.2, 0) is 4.79 Å². The molecule has 1 N–H and O–H groups in total. The topological polar surface area (TPSA) is 47.6 Å². The predicted molar refractivity (Wildman–Crippen MR) is 93.4 cm³/mol. The van der Waals surface area contributed by atoms with E-state index in [0.717, 1.165) is 12.0 Å². The first-order valence-corrected chi connectivity index (χ1v) is 8.34. The Balaban J connectivity index is 1.70. The summed E-state index contributed by atoms with van der Waals surface area (Å²) in [7, 11) is 0. The highest BCUT2D eigenvalue weighted by molar-refractivity contribution is 5.82. The molecular formula is C20H23NO3. The molecule has 2 unspecified atom stereocenters. The second-order valence-electron chi connectivity index (χ2n) is 6.18. The number of hydrogen-bond acceptors (Lipinski definition) is 3. The summed E-state index contributed by atoms with van der Waals surface area (Å²) in [6.07, 6.45) is 0.193. The molecule has 0 saturated heterocycles. The Bertz CT molecular complexity index is 741. The zero-order valence-electron chi connectivity index (χ0n) is 14.3. The zero-order chi connectivity index (χ0) is 17.1. The van der Waals surface area contributed by atoms with Gasteiger partial charge in [-0.2, -0.15) is 0 Å². The molecule has 4 nitrogen and oxygen atoms in total. The van der Waals surface area contributed by atoms with Crippen LogP contribution in [0, 0.1) is 13.8 Å². The Hall–Kier alpha value is -2.49. The van der Waals surface area contributed by atoms with Gasteiger partial charge >= 0.3 is 0 Å². The maximum absolute atomic E-state index is 12.6. The van der Waals surface area contributed by atoms with Crippen LogP contribution in [0.15, 0.2) is 42.5 Å². The Morgan fingerprint density at radius 2 is 1.92 bits per heavy atom. The van der Waals surface area contributed by atoms with Crippen LogP contribution in [-0.4, -0.2) is 18.6 Å².